The number of carbonyl (C=O) groups excluding carboxylic acids is 2. The lowest BCUT2D eigenvalue weighted by molar-refractivity contribution is -0.914. The highest BCUT2D eigenvalue weighted by Crippen LogP contribution is 2.24. The summed E-state index contributed by atoms with van der Waals surface area (Å²) in [7, 11) is 0. The minimum absolute atomic E-state index is 0.300. The van der Waals surface area contributed by atoms with Crippen LogP contribution in [0.25, 0.3) is 0 Å². The Morgan fingerprint density at radius 1 is 1.33 bits per heavy atom. The number of quaternary nitrogens is 1. The molecule has 21 heavy (non-hydrogen) atoms. The number of nitrogens with one attached hydrogen (secondary N) is 2. The predicted molar refractivity (Wildman–Crippen MR) is 81.5 cm³/mol. The van der Waals surface area contributed by atoms with Crippen LogP contribution in [0.15, 0.2) is 24.3 Å². The van der Waals surface area contributed by atoms with E-state index < -0.39 is 6.03 Å². The number of benzene rings is 1. The zero-order chi connectivity index (χ0) is 15.4. The lowest BCUT2D eigenvalue weighted by Gasteiger charge is -2.36. The Hall–Kier alpha value is -1.79. The average Bonchev–Trinajstić information content (AvgIpc) is 2.46. The molecule has 0 aliphatic carbocycles. The highest BCUT2D eigenvalue weighted by atomic mass is 35.5. The predicted octanol–water partition coefficient (Wildman–Crippen LogP) is -0.372. The fraction of sp³-hybridized carbons (Fsp3) is 0.429. The zero-order valence-electron chi connectivity index (χ0n) is 11.9. The van der Waals surface area contributed by atoms with E-state index in [4.69, 9.17) is 17.3 Å². The number of hydrogen-bond acceptors (Lipinski definition) is 3. The number of anilines is 1. The molecule has 1 aliphatic rings. The summed E-state index contributed by atoms with van der Waals surface area (Å²) in [5.41, 5.74) is 5.99. The summed E-state index contributed by atoms with van der Waals surface area (Å²) in [5.74, 6) is -0.330. The Balaban J connectivity index is 1.93. The van der Waals surface area contributed by atoms with E-state index in [2.05, 4.69) is 10.2 Å². The van der Waals surface area contributed by atoms with Crippen molar-refractivity contribution in [1.29, 1.82) is 0 Å². The van der Waals surface area contributed by atoms with Crippen LogP contribution in [0, 0.1) is 0 Å². The van der Waals surface area contributed by atoms with Crippen molar-refractivity contribution in [2.75, 3.05) is 31.1 Å². The van der Waals surface area contributed by atoms with Gasteiger partial charge in [0.2, 0.25) is 0 Å². The van der Waals surface area contributed by atoms with Gasteiger partial charge in [-0.15, -0.1) is 0 Å². The quantitative estimate of drug-likeness (QED) is 0.712. The fourth-order valence-electron chi connectivity index (χ4n) is 2.59. The molecule has 1 atom stereocenters. The molecule has 1 fully saturated rings. The van der Waals surface area contributed by atoms with Crippen molar-refractivity contribution >= 4 is 29.2 Å². The van der Waals surface area contributed by atoms with Crippen LogP contribution in [-0.2, 0) is 4.79 Å². The maximum absolute atomic E-state index is 11.8. The first kappa shape index (κ1) is 15.6. The molecule has 6 nitrogen and oxygen atoms in total. The number of hydrogen-bond donors (Lipinski definition) is 3. The molecular formula is C14H20ClN4O2+. The van der Waals surface area contributed by atoms with E-state index >= 15 is 0 Å². The number of carbonyl (C=O) groups is 2. The van der Waals surface area contributed by atoms with Gasteiger partial charge in [0.05, 0.1) is 36.9 Å². The summed E-state index contributed by atoms with van der Waals surface area (Å²) >= 11 is 6.20. The van der Waals surface area contributed by atoms with Gasteiger partial charge in [-0.05, 0) is 19.1 Å². The van der Waals surface area contributed by atoms with Gasteiger partial charge in [0, 0.05) is 0 Å². The van der Waals surface area contributed by atoms with Gasteiger partial charge in [0.15, 0.2) is 6.04 Å². The van der Waals surface area contributed by atoms with Crippen molar-refractivity contribution in [3.05, 3.63) is 29.3 Å². The second-order valence-electron chi connectivity index (χ2n) is 5.17. The smallest absolute Gasteiger partial charge is 0.319 e. The maximum atomic E-state index is 11.8. The van der Waals surface area contributed by atoms with Crippen LogP contribution < -0.4 is 20.9 Å². The SMILES string of the molecule is C[C@H](C(=O)NC(N)=O)[NH+]1CCN(c2ccccc2Cl)CC1. The first-order chi connectivity index (χ1) is 9.99. The standard InChI is InChI=1S/C14H19ClN4O2/c1-10(13(20)17-14(16)21)18-6-8-19(9-7-18)12-5-3-2-4-11(12)15/h2-5,10H,6-9H2,1H3,(H3,16,17,20,21)/p+1/t10-/m1/s1. The summed E-state index contributed by atoms with van der Waals surface area (Å²) in [6, 6.07) is 6.63. The van der Waals surface area contributed by atoms with E-state index in [9.17, 15) is 9.59 Å². The minimum atomic E-state index is -0.805. The van der Waals surface area contributed by atoms with Crippen molar-refractivity contribution in [2.24, 2.45) is 5.73 Å². The van der Waals surface area contributed by atoms with Gasteiger partial charge < -0.3 is 15.5 Å². The van der Waals surface area contributed by atoms with Crippen molar-refractivity contribution < 1.29 is 14.5 Å². The Bertz CT molecular complexity index is 529. The molecule has 0 radical (unpaired) electrons. The molecule has 1 aromatic carbocycles. The Morgan fingerprint density at radius 2 is 1.95 bits per heavy atom. The summed E-state index contributed by atoms with van der Waals surface area (Å²) in [4.78, 5) is 25.9. The summed E-state index contributed by atoms with van der Waals surface area (Å²) in [6.45, 7) is 5.04. The fourth-order valence-corrected chi connectivity index (χ4v) is 2.85. The van der Waals surface area contributed by atoms with Gasteiger partial charge >= 0.3 is 6.03 Å². The third-order valence-corrected chi connectivity index (χ3v) is 4.17. The third-order valence-electron chi connectivity index (χ3n) is 3.85. The molecule has 1 saturated heterocycles. The normalized spacial score (nSPS) is 17.3. The van der Waals surface area contributed by atoms with E-state index in [-0.39, 0.29) is 11.9 Å². The molecule has 1 aliphatic heterocycles. The number of urea groups is 1. The monoisotopic (exact) mass is 311 g/mol. The average molecular weight is 312 g/mol. The topological polar surface area (TPSA) is 79.9 Å². The molecule has 0 spiro atoms. The number of amides is 3. The van der Waals surface area contributed by atoms with Gasteiger partial charge in [0.1, 0.15) is 0 Å². The van der Waals surface area contributed by atoms with Crippen molar-refractivity contribution in [1.82, 2.24) is 5.32 Å². The van der Waals surface area contributed by atoms with Gasteiger partial charge in [0.25, 0.3) is 5.91 Å². The van der Waals surface area contributed by atoms with Crippen LogP contribution in [0.3, 0.4) is 0 Å². The van der Waals surface area contributed by atoms with E-state index in [1.165, 1.54) is 0 Å². The lowest BCUT2D eigenvalue weighted by atomic mass is 10.2. The lowest BCUT2D eigenvalue weighted by Crippen LogP contribution is -3.19. The van der Waals surface area contributed by atoms with Crippen LogP contribution in [0.1, 0.15) is 6.92 Å². The van der Waals surface area contributed by atoms with E-state index in [1.807, 2.05) is 24.3 Å². The number of imide groups is 1. The number of nitrogens with two attached hydrogens (primary N) is 1. The number of rotatable bonds is 3. The van der Waals surface area contributed by atoms with E-state index in [0.717, 1.165) is 41.8 Å². The second kappa shape index (κ2) is 6.78. The molecule has 7 heteroatoms. The number of halogens is 1. The van der Waals surface area contributed by atoms with Crippen molar-refractivity contribution in [3.8, 4) is 0 Å². The molecule has 0 bridgehead atoms. The Kier molecular flexibility index (Phi) is 5.03. The van der Waals surface area contributed by atoms with Gasteiger partial charge in [-0.2, -0.15) is 0 Å². The molecule has 114 valence electrons. The second-order valence-corrected chi connectivity index (χ2v) is 5.58. The molecule has 0 aromatic heterocycles. The number of piperazine rings is 1. The van der Waals surface area contributed by atoms with Crippen molar-refractivity contribution in [2.45, 2.75) is 13.0 Å². The van der Waals surface area contributed by atoms with E-state index in [0.29, 0.717) is 0 Å². The molecule has 4 N–H and O–H groups in total. The van der Waals surface area contributed by atoms with Gasteiger partial charge in [-0.3, -0.25) is 10.1 Å². The zero-order valence-corrected chi connectivity index (χ0v) is 12.7. The first-order valence-corrected chi connectivity index (χ1v) is 7.31. The number of nitrogens with zero attached hydrogens (tertiary/aromatic N) is 1. The first-order valence-electron chi connectivity index (χ1n) is 6.93. The highest BCUT2D eigenvalue weighted by molar-refractivity contribution is 6.33. The minimum Gasteiger partial charge on any atom is -0.359 e. The summed E-state index contributed by atoms with van der Waals surface area (Å²) in [6.07, 6.45) is 0. The number of primary amides is 1. The summed E-state index contributed by atoms with van der Waals surface area (Å²) in [5, 5.41) is 2.87. The van der Waals surface area contributed by atoms with Crippen molar-refractivity contribution in [3.63, 3.8) is 0 Å². The molecule has 2 rings (SSSR count). The molecule has 1 heterocycles. The third kappa shape index (κ3) is 3.86. The molecular weight excluding hydrogens is 292 g/mol. The van der Waals surface area contributed by atoms with Crippen LogP contribution in [0.5, 0.6) is 0 Å². The van der Waals surface area contributed by atoms with Crippen LogP contribution >= 0.6 is 11.6 Å². The molecule has 0 saturated carbocycles. The van der Waals surface area contributed by atoms with Crippen LogP contribution in [-0.4, -0.2) is 44.2 Å². The van der Waals surface area contributed by atoms with Crippen LogP contribution in [0.2, 0.25) is 5.02 Å². The summed E-state index contributed by atoms with van der Waals surface area (Å²) < 4.78 is 0. The highest BCUT2D eigenvalue weighted by Gasteiger charge is 2.30. The molecule has 0 unspecified atom stereocenters. The Morgan fingerprint density at radius 3 is 2.52 bits per heavy atom. The molecule has 1 aromatic rings. The largest absolute Gasteiger partial charge is 0.359 e. The van der Waals surface area contributed by atoms with Gasteiger partial charge in [-0.1, -0.05) is 23.7 Å². The van der Waals surface area contributed by atoms with Crippen LogP contribution in [0.4, 0.5) is 10.5 Å². The van der Waals surface area contributed by atoms with Gasteiger partial charge in [-0.25, -0.2) is 4.79 Å². The van der Waals surface area contributed by atoms with E-state index in [1.54, 1.807) is 6.92 Å². The number of para-hydroxylation sites is 1. The molecule has 3 amide bonds. The maximum Gasteiger partial charge on any atom is 0.319 e. The Labute approximate surface area is 128 Å².